The molecule has 0 fully saturated rings. The minimum absolute atomic E-state index is 0.0366. The molecule has 184 valence electrons. The number of benzene rings is 2. The monoisotopic (exact) mass is 509 g/mol. The van der Waals surface area contributed by atoms with Crippen molar-refractivity contribution in [3.05, 3.63) is 82.1 Å². The lowest BCUT2D eigenvalue weighted by Crippen LogP contribution is -2.33. The first-order valence-corrected chi connectivity index (χ1v) is 11.4. The molecule has 1 aromatic heterocycles. The quantitative estimate of drug-likeness (QED) is 0.357. The average molecular weight is 510 g/mol. The molecule has 2 aromatic carbocycles. The van der Waals surface area contributed by atoms with Gasteiger partial charge in [0.15, 0.2) is 5.94 Å². The minimum Gasteiger partial charge on any atom is -0.373 e. The summed E-state index contributed by atoms with van der Waals surface area (Å²) < 4.78 is 28.2. The van der Waals surface area contributed by atoms with Crippen LogP contribution in [-0.2, 0) is 4.79 Å². The van der Waals surface area contributed by atoms with Gasteiger partial charge in [-0.1, -0.05) is 17.7 Å². The van der Waals surface area contributed by atoms with Crippen LogP contribution in [0.25, 0.3) is 11.6 Å². The number of fused-ring (bicyclic) bond motifs is 1. The molecule has 10 heteroatoms. The van der Waals surface area contributed by atoms with Gasteiger partial charge in [0.05, 0.1) is 16.4 Å². The van der Waals surface area contributed by atoms with E-state index in [1.165, 1.54) is 24.3 Å². The van der Waals surface area contributed by atoms with Crippen molar-refractivity contribution < 1.29 is 18.4 Å². The number of anilines is 4. The van der Waals surface area contributed by atoms with Crippen molar-refractivity contribution in [3.8, 4) is 0 Å². The summed E-state index contributed by atoms with van der Waals surface area (Å²) in [5.41, 5.74) is 2.39. The zero-order chi connectivity index (χ0) is 26.0. The second-order valence-electron chi connectivity index (χ2n) is 8.25. The van der Waals surface area contributed by atoms with Gasteiger partial charge in [-0.05, 0) is 50.3 Å². The van der Waals surface area contributed by atoms with Crippen molar-refractivity contribution in [3.63, 3.8) is 0 Å². The second-order valence-corrected chi connectivity index (χ2v) is 8.66. The van der Waals surface area contributed by atoms with Gasteiger partial charge in [0.2, 0.25) is 0 Å². The number of hydrogen-bond donors (Lipinski definition) is 3. The maximum Gasteiger partial charge on any atom is 0.323 e. The third-order valence-electron chi connectivity index (χ3n) is 5.51. The molecule has 7 nitrogen and oxygen atoms in total. The van der Waals surface area contributed by atoms with Gasteiger partial charge < -0.3 is 20.9 Å². The van der Waals surface area contributed by atoms with Crippen molar-refractivity contribution in [1.82, 2.24) is 4.98 Å². The van der Waals surface area contributed by atoms with E-state index in [9.17, 15) is 18.4 Å². The van der Waals surface area contributed by atoms with E-state index >= 15 is 0 Å². The van der Waals surface area contributed by atoms with Crippen LogP contribution in [-0.4, -0.2) is 30.0 Å². The Morgan fingerprint density at radius 3 is 2.58 bits per heavy atom. The fraction of sp³-hybridized carbons (Fsp3) is 0.154. The molecule has 2 heterocycles. The number of nitrogens with zero attached hydrogens (tertiary/aromatic N) is 2. The highest BCUT2D eigenvalue weighted by molar-refractivity contribution is 6.33. The number of nitrogens with one attached hydrogen (secondary N) is 3. The predicted octanol–water partition coefficient (Wildman–Crippen LogP) is 6.18. The Labute approximate surface area is 211 Å². The first-order valence-electron chi connectivity index (χ1n) is 11.0. The van der Waals surface area contributed by atoms with Gasteiger partial charge in [0.25, 0.3) is 0 Å². The number of hydrogen-bond acceptors (Lipinski definition) is 5. The van der Waals surface area contributed by atoms with Gasteiger partial charge in [-0.25, -0.2) is 23.4 Å². The fourth-order valence-electron chi connectivity index (χ4n) is 3.93. The largest absolute Gasteiger partial charge is 0.373 e. The Hall–Kier alpha value is -4.20. The Balaban J connectivity index is 1.75. The normalized spacial score (nSPS) is 12.6. The van der Waals surface area contributed by atoms with Crippen LogP contribution in [0.5, 0.6) is 0 Å². The third kappa shape index (κ3) is 4.93. The molecule has 1 aliphatic rings. The van der Waals surface area contributed by atoms with E-state index in [2.05, 4.69) is 20.9 Å². The molecule has 0 saturated heterocycles. The molecule has 4 rings (SSSR count). The predicted molar refractivity (Wildman–Crippen MR) is 139 cm³/mol. The third-order valence-corrected chi connectivity index (χ3v) is 5.83. The average Bonchev–Trinajstić information content (AvgIpc) is 2.84. The number of urea groups is 1. The van der Waals surface area contributed by atoms with Gasteiger partial charge in [-0.15, -0.1) is 0 Å². The number of pyridine rings is 1. The van der Waals surface area contributed by atoms with Crippen LogP contribution in [0, 0.1) is 11.6 Å². The summed E-state index contributed by atoms with van der Waals surface area (Å²) in [5.74, 6) is 1.30. The molecule has 0 saturated carbocycles. The highest BCUT2D eigenvalue weighted by Gasteiger charge is 2.29. The fourth-order valence-corrected chi connectivity index (χ4v) is 4.19. The molecule has 3 aromatic rings. The highest BCUT2D eigenvalue weighted by atomic mass is 35.5. The summed E-state index contributed by atoms with van der Waals surface area (Å²) in [6.07, 6.45) is 3.37. The number of amides is 2. The second kappa shape index (κ2) is 10.2. The number of rotatable bonds is 5. The van der Waals surface area contributed by atoms with E-state index in [-0.39, 0.29) is 28.1 Å². The Morgan fingerprint density at radius 1 is 1.14 bits per heavy atom. The molecule has 36 heavy (non-hydrogen) atoms. The van der Waals surface area contributed by atoms with E-state index in [0.29, 0.717) is 17.0 Å². The first-order chi connectivity index (χ1) is 17.2. The molecule has 0 bridgehead atoms. The summed E-state index contributed by atoms with van der Waals surface area (Å²) in [5, 5.41) is 7.87. The molecule has 0 spiro atoms. The highest BCUT2D eigenvalue weighted by Crippen LogP contribution is 2.43. The van der Waals surface area contributed by atoms with Crippen LogP contribution in [0.15, 0.2) is 54.4 Å². The number of carbonyl (C=O) groups is 1. The summed E-state index contributed by atoms with van der Waals surface area (Å²) >= 11 is 6.40. The van der Waals surface area contributed by atoms with Crippen molar-refractivity contribution in [2.45, 2.75) is 19.9 Å². The van der Waals surface area contributed by atoms with Gasteiger partial charge in [-0.2, -0.15) is 0 Å². The summed E-state index contributed by atoms with van der Waals surface area (Å²) in [6.45, 7) is 3.83. The van der Waals surface area contributed by atoms with Gasteiger partial charge in [-0.3, -0.25) is 0 Å². The zero-order valence-electron chi connectivity index (χ0n) is 19.6. The number of halogens is 3. The van der Waals surface area contributed by atoms with Gasteiger partial charge in [0.1, 0.15) is 23.1 Å². The number of allylic oxidation sites excluding steroid dienone is 1. The summed E-state index contributed by atoms with van der Waals surface area (Å²) in [6, 6.07) is 8.57. The van der Waals surface area contributed by atoms with Crippen LogP contribution in [0.2, 0.25) is 5.02 Å². The van der Waals surface area contributed by atoms with Crippen LogP contribution >= 0.6 is 11.6 Å². The van der Waals surface area contributed by atoms with Crippen LogP contribution < -0.4 is 20.9 Å². The van der Waals surface area contributed by atoms with Gasteiger partial charge >= 0.3 is 6.03 Å². The minimum atomic E-state index is -0.785. The van der Waals surface area contributed by atoms with E-state index in [1.807, 2.05) is 25.9 Å². The maximum absolute atomic E-state index is 14.7. The molecule has 0 unspecified atom stereocenters. The Bertz CT molecular complexity index is 1430. The summed E-state index contributed by atoms with van der Waals surface area (Å²) in [4.78, 5) is 30.8. The Morgan fingerprint density at radius 2 is 1.92 bits per heavy atom. The molecule has 0 aliphatic carbocycles. The Kier molecular flexibility index (Phi) is 7.05. The molecule has 1 aliphatic heterocycles. The van der Waals surface area contributed by atoms with Crippen LogP contribution in [0.3, 0.4) is 0 Å². The lowest BCUT2D eigenvalue weighted by Gasteiger charge is -2.35. The molecular formula is C26H22ClF2N5O2. The van der Waals surface area contributed by atoms with E-state index in [0.717, 1.165) is 23.4 Å². The zero-order valence-corrected chi connectivity index (χ0v) is 20.4. The van der Waals surface area contributed by atoms with E-state index < -0.39 is 17.7 Å². The van der Waals surface area contributed by atoms with Crippen molar-refractivity contribution in [2.75, 3.05) is 27.9 Å². The van der Waals surface area contributed by atoms with Crippen molar-refractivity contribution in [2.24, 2.45) is 0 Å². The lowest BCUT2D eigenvalue weighted by molar-refractivity contribution is 0.262. The standard InChI is InChI=1S/C26H22ClF2N5O2/c1-14(2)34-23-11-25(30-3)31-12-15(23)7-19(24(34)13-35)18-9-22(21(29)10-20(18)27)33-26(36)32-17-6-4-5-16(28)8-17/h4-12,14H,1-3H3,(H,30,31)(H2,32,33,36). The van der Waals surface area contributed by atoms with Crippen LogP contribution in [0.1, 0.15) is 25.0 Å². The first kappa shape index (κ1) is 24.9. The van der Waals surface area contributed by atoms with E-state index in [4.69, 9.17) is 11.6 Å². The lowest BCUT2D eigenvalue weighted by atomic mass is 9.93. The molecule has 3 N–H and O–H groups in total. The maximum atomic E-state index is 14.7. The molecule has 2 amide bonds. The molecular weight excluding hydrogens is 488 g/mol. The van der Waals surface area contributed by atoms with Crippen LogP contribution in [0.4, 0.5) is 36.5 Å². The topological polar surface area (TPSA) is 86.4 Å². The van der Waals surface area contributed by atoms with Crippen molar-refractivity contribution in [1.29, 1.82) is 0 Å². The van der Waals surface area contributed by atoms with Crippen molar-refractivity contribution >= 4 is 58.1 Å². The molecule has 0 atom stereocenters. The SMILES string of the molecule is CNc1cc2c(cn1)C=C(c1cc(NC(=O)Nc3cccc(F)c3)c(F)cc1Cl)C(=C=O)N2C(C)C. The summed E-state index contributed by atoms with van der Waals surface area (Å²) in [7, 11) is 1.74. The number of aromatic nitrogens is 1. The number of carbonyl (C=O) groups excluding carboxylic acids is 2. The molecule has 0 radical (unpaired) electrons. The smallest absolute Gasteiger partial charge is 0.323 e. The van der Waals surface area contributed by atoms with Gasteiger partial charge in [0, 0.05) is 47.7 Å². The van der Waals surface area contributed by atoms with E-state index in [1.54, 1.807) is 24.2 Å².